The molecule has 17 heavy (non-hydrogen) atoms. The molecule has 2 N–H and O–H groups in total. The van der Waals surface area contributed by atoms with Gasteiger partial charge in [-0.1, -0.05) is 17.7 Å². The van der Waals surface area contributed by atoms with Crippen LogP contribution in [0.15, 0.2) is 24.3 Å². The second-order valence-electron chi connectivity index (χ2n) is 3.42. The maximum Gasteiger partial charge on any atom is 0.225 e. The zero-order valence-electron chi connectivity index (χ0n) is 8.95. The fourth-order valence-corrected chi connectivity index (χ4v) is 1.89. The van der Waals surface area contributed by atoms with Gasteiger partial charge in [0.15, 0.2) is 0 Å². The van der Waals surface area contributed by atoms with Crippen LogP contribution < -0.4 is 10.5 Å². The number of ether oxygens (including phenoxy) is 1. The zero-order valence-corrected chi connectivity index (χ0v) is 11.9. The molecule has 1 aromatic carbocycles. The fourth-order valence-electron chi connectivity index (χ4n) is 1.27. The average Bonchev–Trinajstić information content (AvgIpc) is 2.22. The summed E-state index contributed by atoms with van der Waals surface area (Å²) in [5, 5.41) is 0.259. The van der Waals surface area contributed by atoms with Gasteiger partial charge in [-0.25, -0.2) is 4.98 Å². The third kappa shape index (κ3) is 3.19. The van der Waals surface area contributed by atoms with Crippen molar-refractivity contribution in [2.75, 3.05) is 5.73 Å². The Morgan fingerprint density at radius 2 is 2.06 bits per heavy atom. The molecule has 0 fully saturated rings. The van der Waals surface area contributed by atoms with Crippen LogP contribution in [-0.4, -0.2) is 9.97 Å². The van der Waals surface area contributed by atoms with E-state index in [4.69, 9.17) is 22.1 Å². The molecular weight excluding hydrogens is 352 g/mol. The van der Waals surface area contributed by atoms with Gasteiger partial charge >= 0.3 is 0 Å². The molecular formula is C11H9ClIN3O. The van der Waals surface area contributed by atoms with Crippen molar-refractivity contribution in [3.63, 3.8) is 0 Å². The summed E-state index contributed by atoms with van der Waals surface area (Å²) >= 11 is 7.96. The second-order valence-corrected chi connectivity index (χ2v) is 4.97. The van der Waals surface area contributed by atoms with E-state index in [0.29, 0.717) is 5.88 Å². The van der Waals surface area contributed by atoms with Crippen LogP contribution in [0.4, 0.5) is 5.95 Å². The van der Waals surface area contributed by atoms with Gasteiger partial charge in [0.2, 0.25) is 11.8 Å². The third-order valence-electron chi connectivity index (χ3n) is 1.99. The largest absolute Gasteiger partial charge is 0.438 e. The molecule has 6 heteroatoms. The molecule has 0 atom stereocenters. The molecule has 0 saturated carbocycles. The molecule has 0 aliphatic heterocycles. The van der Waals surface area contributed by atoms with Crippen molar-refractivity contribution in [1.29, 1.82) is 0 Å². The Balaban J connectivity index is 2.34. The number of rotatable bonds is 2. The van der Waals surface area contributed by atoms with Gasteiger partial charge < -0.3 is 10.5 Å². The Labute approximate surface area is 117 Å². The Hall–Kier alpha value is -1.08. The number of nitrogen functional groups attached to an aromatic ring is 1. The number of hydrogen-bond acceptors (Lipinski definition) is 4. The van der Waals surface area contributed by atoms with Crippen molar-refractivity contribution in [3.8, 4) is 11.6 Å². The predicted octanol–water partition coefficient (Wildman–Crippen LogP) is 3.42. The van der Waals surface area contributed by atoms with Crippen molar-refractivity contribution in [1.82, 2.24) is 9.97 Å². The smallest absolute Gasteiger partial charge is 0.225 e. The summed E-state index contributed by atoms with van der Waals surface area (Å²) in [5.41, 5.74) is 6.60. The van der Waals surface area contributed by atoms with Crippen LogP contribution >= 0.6 is 34.2 Å². The zero-order chi connectivity index (χ0) is 12.4. The molecule has 0 radical (unpaired) electrons. The van der Waals surface area contributed by atoms with Gasteiger partial charge in [-0.15, -0.1) is 0 Å². The van der Waals surface area contributed by atoms with Crippen molar-refractivity contribution in [2.24, 2.45) is 0 Å². The molecule has 0 saturated heterocycles. The standard InChI is InChI=1S/C11H9ClIN3O/c1-6-2-3-7(13)8(4-6)17-10-5-9(12)15-11(14)16-10/h2-5H,1H3,(H2,14,15,16). The van der Waals surface area contributed by atoms with E-state index in [1.165, 1.54) is 6.07 Å². The maximum atomic E-state index is 5.77. The van der Waals surface area contributed by atoms with Gasteiger partial charge in [0.05, 0.1) is 3.57 Å². The molecule has 4 nitrogen and oxygen atoms in total. The fraction of sp³-hybridized carbons (Fsp3) is 0.0909. The highest BCUT2D eigenvalue weighted by molar-refractivity contribution is 14.1. The first-order chi connectivity index (χ1) is 8.04. The minimum absolute atomic E-state index is 0.0927. The number of benzene rings is 1. The van der Waals surface area contributed by atoms with Gasteiger partial charge in [-0.2, -0.15) is 4.98 Å². The number of aryl methyl sites for hydroxylation is 1. The Morgan fingerprint density at radius 3 is 2.76 bits per heavy atom. The highest BCUT2D eigenvalue weighted by Crippen LogP contribution is 2.27. The number of nitrogens with two attached hydrogens (primary N) is 1. The van der Waals surface area contributed by atoms with Crippen LogP contribution in [0.5, 0.6) is 11.6 Å². The second kappa shape index (κ2) is 5.05. The molecule has 0 aliphatic rings. The third-order valence-corrected chi connectivity index (χ3v) is 3.07. The van der Waals surface area contributed by atoms with Crippen LogP contribution in [0.3, 0.4) is 0 Å². The highest BCUT2D eigenvalue weighted by atomic mass is 127. The van der Waals surface area contributed by atoms with Crippen molar-refractivity contribution in [3.05, 3.63) is 38.6 Å². The van der Waals surface area contributed by atoms with E-state index in [9.17, 15) is 0 Å². The summed E-state index contributed by atoms with van der Waals surface area (Å²) in [4.78, 5) is 7.72. The van der Waals surface area contributed by atoms with Crippen LogP contribution in [0.25, 0.3) is 0 Å². The molecule has 0 bridgehead atoms. The minimum atomic E-state index is 0.0927. The number of nitrogens with zero attached hydrogens (tertiary/aromatic N) is 2. The van der Waals surface area contributed by atoms with Crippen molar-refractivity contribution >= 4 is 40.1 Å². The van der Waals surface area contributed by atoms with E-state index in [1.807, 2.05) is 25.1 Å². The van der Waals surface area contributed by atoms with E-state index in [2.05, 4.69) is 32.6 Å². The molecule has 0 amide bonds. The maximum absolute atomic E-state index is 5.77. The Kier molecular flexibility index (Phi) is 3.68. The Morgan fingerprint density at radius 1 is 1.29 bits per heavy atom. The molecule has 0 spiro atoms. The summed E-state index contributed by atoms with van der Waals surface area (Å²) in [5.74, 6) is 1.15. The average molecular weight is 362 g/mol. The lowest BCUT2D eigenvalue weighted by Gasteiger charge is -2.08. The van der Waals surface area contributed by atoms with E-state index in [0.717, 1.165) is 14.9 Å². The van der Waals surface area contributed by atoms with Crippen LogP contribution in [-0.2, 0) is 0 Å². The first-order valence-electron chi connectivity index (χ1n) is 4.78. The first kappa shape index (κ1) is 12.4. The molecule has 2 rings (SSSR count). The van der Waals surface area contributed by atoms with E-state index >= 15 is 0 Å². The normalized spacial score (nSPS) is 10.3. The van der Waals surface area contributed by atoms with Crippen molar-refractivity contribution in [2.45, 2.75) is 6.92 Å². The van der Waals surface area contributed by atoms with Crippen LogP contribution in [0, 0.1) is 10.5 Å². The molecule has 1 aromatic heterocycles. The van der Waals surface area contributed by atoms with Crippen LogP contribution in [0.2, 0.25) is 5.15 Å². The lowest BCUT2D eigenvalue weighted by molar-refractivity contribution is 0.459. The molecule has 0 aliphatic carbocycles. The first-order valence-corrected chi connectivity index (χ1v) is 6.24. The lowest BCUT2D eigenvalue weighted by Crippen LogP contribution is -1.98. The number of hydrogen-bond donors (Lipinski definition) is 1. The number of aromatic nitrogens is 2. The quantitative estimate of drug-likeness (QED) is 0.658. The number of anilines is 1. The van der Waals surface area contributed by atoms with Gasteiger partial charge in [-0.05, 0) is 47.2 Å². The predicted molar refractivity (Wildman–Crippen MR) is 75.4 cm³/mol. The van der Waals surface area contributed by atoms with E-state index in [-0.39, 0.29) is 11.1 Å². The van der Waals surface area contributed by atoms with Gasteiger partial charge in [0.25, 0.3) is 0 Å². The van der Waals surface area contributed by atoms with Gasteiger partial charge in [-0.3, -0.25) is 0 Å². The SMILES string of the molecule is Cc1ccc(I)c(Oc2cc(Cl)nc(N)n2)c1. The summed E-state index contributed by atoms with van der Waals surface area (Å²) in [6.45, 7) is 1.99. The molecule has 1 heterocycles. The van der Waals surface area contributed by atoms with Gasteiger partial charge in [0, 0.05) is 6.07 Å². The van der Waals surface area contributed by atoms with Crippen molar-refractivity contribution < 1.29 is 4.74 Å². The topological polar surface area (TPSA) is 61.0 Å². The summed E-state index contributed by atoms with van der Waals surface area (Å²) < 4.78 is 6.62. The summed E-state index contributed by atoms with van der Waals surface area (Å²) in [7, 11) is 0. The monoisotopic (exact) mass is 361 g/mol. The molecule has 0 unspecified atom stereocenters. The number of halogens is 2. The molecule has 2 aromatic rings. The van der Waals surface area contributed by atoms with E-state index in [1.54, 1.807) is 0 Å². The van der Waals surface area contributed by atoms with Crippen LogP contribution in [0.1, 0.15) is 5.56 Å². The summed E-state index contributed by atoms with van der Waals surface area (Å²) in [6, 6.07) is 7.43. The minimum Gasteiger partial charge on any atom is -0.438 e. The highest BCUT2D eigenvalue weighted by Gasteiger charge is 2.06. The van der Waals surface area contributed by atoms with E-state index < -0.39 is 0 Å². The summed E-state index contributed by atoms with van der Waals surface area (Å²) in [6.07, 6.45) is 0. The Bertz CT molecular complexity index is 542. The molecule has 88 valence electrons. The lowest BCUT2D eigenvalue weighted by atomic mass is 10.2. The van der Waals surface area contributed by atoms with Gasteiger partial charge in [0.1, 0.15) is 10.9 Å².